The lowest BCUT2D eigenvalue weighted by atomic mass is 10.2. The van der Waals surface area contributed by atoms with Gasteiger partial charge in [-0.15, -0.1) is 0 Å². The summed E-state index contributed by atoms with van der Waals surface area (Å²) >= 11 is 0. The van der Waals surface area contributed by atoms with Crippen molar-refractivity contribution in [2.24, 2.45) is 5.10 Å². The summed E-state index contributed by atoms with van der Waals surface area (Å²) in [5.74, 6) is 0.420. The molecule has 2 heterocycles. The predicted octanol–water partition coefficient (Wildman–Crippen LogP) is 2.03. The van der Waals surface area contributed by atoms with E-state index in [1.54, 1.807) is 47.4 Å². The van der Waals surface area contributed by atoms with Gasteiger partial charge in [0.1, 0.15) is 0 Å². The quantitative estimate of drug-likeness (QED) is 0.590. The number of carbonyl (C=O) groups excluding carboxylic acids is 1. The van der Waals surface area contributed by atoms with Crippen molar-refractivity contribution in [1.82, 2.24) is 20.2 Å². The Morgan fingerprint density at radius 2 is 1.95 bits per heavy atom. The van der Waals surface area contributed by atoms with Gasteiger partial charge in [0.2, 0.25) is 0 Å². The first-order chi connectivity index (χ1) is 10.8. The number of carbonyl (C=O) groups is 1. The minimum atomic E-state index is -0.264. The lowest BCUT2D eigenvalue weighted by Crippen LogP contribution is -2.17. The van der Waals surface area contributed by atoms with E-state index >= 15 is 0 Å². The van der Waals surface area contributed by atoms with Gasteiger partial charge in [0.15, 0.2) is 5.82 Å². The number of hydrogen-bond acceptors (Lipinski definition) is 4. The smallest absolute Gasteiger partial charge is 0.267 e. The monoisotopic (exact) mass is 291 g/mol. The van der Waals surface area contributed by atoms with Crippen LogP contribution >= 0.6 is 0 Å². The maximum atomic E-state index is 11.8. The predicted molar refractivity (Wildman–Crippen MR) is 82.9 cm³/mol. The van der Waals surface area contributed by atoms with Gasteiger partial charge in [-0.2, -0.15) is 10.2 Å². The van der Waals surface area contributed by atoms with Gasteiger partial charge in [-0.05, 0) is 30.3 Å². The van der Waals surface area contributed by atoms with E-state index in [0.29, 0.717) is 17.1 Å². The molecule has 0 aliphatic heterocycles. The Kier molecular flexibility index (Phi) is 4.01. The van der Waals surface area contributed by atoms with Crippen molar-refractivity contribution in [2.75, 3.05) is 0 Å². The molecule has 0 saturated heterocycles. The fraction of sp³-hybridized carbons (Fsp3) is 0. The molecule has 6 nitrogen and oxygen atoms in total. The first-order valence-corrected chi connectivity index (χ1v) is 6.68. The lowest BCUT2D eigenvalue weighted by molar-refractivity contribution is 0.0955. The van der Waals surface area contributed by atoms with Crippen LogP contribution in [0.2, 0.25) is 0 Å². The van der Waals surface area contributed by atoms with E-state index in [1.165, 1.54) is 6.21 Å². The Hall–Kier alpha value is -3.28. The number of amides is 1. The second kappa shape index (κ2) is 6.45. The zero-order valence-electron chi connectivity index (χ0n) is 11.6. The van der Waals surface area contributed by atoms with Crippen LogP contribution in [-0.2, 0) is 0 Å². The Morgan fingerprint density at radius 1 is 1.09 bits per heavy atom. The molecule has 0 aliphatic carbocycles. The third kappa shape index (κ3) is 3.24. The molecule has 0 saturated carbocycles. The van der Waals surface area contributed by atoms with Crippen LogP contribution < -0.4 is 5.43 Å². The van der Waals surface area contributed by atoms with Gasteiger partial charge in [-0.1, -0.05) is 24.3 Å². The molecule has 0 spiro atoms. The molecular weight excluding hydrogens is 278 g/mol. The van der Waals surface area contributed by atoms with Gasteiger partial charge in [0, 0.05) is 18.0 Å². The third-order valence-electron chi connectivity index (χ3n) is 2.89. The molecule has 6 heteroatoms. The van der Waals surface area contributed by atoms with Crippen LogP contribution in [0.1, 0.15) is 16.1 Å². The van der Waals surface area contributed by atoms with E-state index in [4.69, 9.17) is 0 Å². The molecular formula is C16H13N5O. The van der Waals surface area contributed by atoms with E-state index in [2.05, 4.69) is 20.6 Å². The highest BCUT2D eigenvalue weighted by molar-refractivity contribution is 5.94. The van der Waals surface area contributed by atoms with Gasteiger partial charge in [0.05, 0.1) is 11.9 Å². The number of rotatable bonds is 4. The van der Waals surface area contributed by atoms with Gasteiger partial charge >= 0.3 is 0 Å². The van der Waals surface area contributed by atoms with Crippen molar-refractivity contribution in [3.05, 3.63) is 78.2 Å². The van der Waals surface area contributed by atoms with Crippen molar-refractivity contribution in [1.29, 1.82) is 0 Å². The van der Waals surface area contributed by atoms with Crippen molar-refractivity contribution in [3.8, 4) is 5.82 Å². The topological polar surface area (TPSA) is 72.2 Å². The number of nitrogens with zero attached hydrogens (tertiary/aromatic N) is 4. The summed E-state index contributed by atoms with van der Waals surface area (Å²) in [5, 5.41) is 8.04. The number of pyridine rings is 1. The molecule has 0 fully saturated rings. The van der Waals surface area contributed by atoms with Crippen molar-refractivity contribution in [2.45, 2.75) is 0 Å². The lowest BCUT2D eigenvalue weighted by Gasteiger charge is -2.01. The van der Waals surface area contributed by atoms with Crippen LogP contribution in [0.4, 0.5) is 0 Å². The van der Waals surface area contributed by atoms with E-state index in [1.807, 2.05) is 24.3 Å². The van der Waals surface area contributed by atoms with Crippen LogP contribution in [0, 0.1) is 0 Å². The van der Waals surface area contributed by atoms with Crippen LogP contribution in [0.25, 0.3) is 5.82 Å². The standard InChI is InChI=1S/C16H13N5O/c22-16(13-6-2-1-3-7-13)20-17-12-14-8-4-9-15(19-14)21-11-5-10-18-21/h1-12H,(H,20,22)/b17-12+. The molecule has 0 unspecified atom stereocenters. The maximum Gasteiger partial charge on any atom is 0.271 e. The number of hydrogen-bond donors (Lipinski definition) is 1. The van der Waals surface area contributed by atoms with E-state index in [9.17, 15) is 4.79 Å². The van der Waals surface area contributed by atoms with Crippen molar-refractivity contribution >= 4 is 12.1 Å². The number of aromatic nitrogens is 3. The van der Waals surface area contributed by atoms with Gasteiger partial charge in [0.25, 0.3) is 5.91 Å². The van der Waals surface area contributed by atoms with Crippen LogP contribution in [-0.4, -0.2) is 26.9 Å². The molecule has 1 N–H and O–H groups in total. The normalized spacial score (nSPS) is 10.7. The van der Waals surface area contributed by atoms with Gasteiger partial charge in [-0.3, -0.25) is 4.79 Å². The maximum absolute atomic E-state index is 11.8. The molecule has 0 radical (unpaired) electrons. The highest BCUT2D eigenvalue weighted by Gasteiger charge is 2.02. The van der Waals surface area contributed by atoms with E-state index in [-0.39, 0.29) is 5.91 Å². The summed E-state index contributed by atoms with van der Waals surface area (Å²) < 4.78 is 1.65. The zero-order chi connectivity index (χ0) is 15.2. The Morgan fingerprint density at radius 3 is 2.73 bits per heavy atom. The average Bonchev–Trinajstić information content (AvgIpc) is 3.10. The Balaban J connectivity index is 1.68. The van der Waals surface area contributed by atoms with Gasteiger partial charge < -0.3 is 0 Å². The third-order valence-corrected chi connectivity index (χ3v) is 2.89. The minimum Gasteiger partial charge on any atom is -0.267 e. The van der Waals surface area contributed by atoms with Crippen LogP contribution in [0.15, 0.2) is 72.1 Å². The summed E-state index contributed by atoms with van der Waals surface area (Å²) in [6, 6.07) is 16.2. The first-order valence-electron chi connectivity index (χ1n) is 6.68. The summed E-state index contributed by atoms with van der Waals surface area (Å²) in [4.78, 5) is 16.2. The molecule has 108 valence electrons. The van der Waals surface area contributed by atoms with E-state index < -0.39 is 0 Å². The summed E-state index contributed by atoms with van der Waals surface area (Å²) in [6.45, 7) is 0. The second-order valence-electron chi connectivity index (χ2n) is 4.44. The number of nitrogens with one attached hydrogen (secondary N) is 1. The molecule has 0 aliphatic rings. The highest BCUT2D eigenvalue weighted by Crippen LogP contribution is 2.03. The number of benzene rings is 1. The molecule has 3 rings (SSSR count). The molecule has 1 amide bonds. The second-order valence-corrected chi connectivity index (χ2v) is 4.44. The van der Waals surface area contributed by atoms with Crippen LogP contribution in [0.3, 0.4) is 0 Å². The first kappa shape index (κ1) is 13.7. The highest BCUT2D eigenvalue weighted by atomic mass is 16.2. The van der Waals surface area contributed by atoms with Crippen molar-refractivity contribution in [3.63, 3.8) is 0 Å². The molecule has 0 atom stereocenters. The zero-order valence-corrected chi connectivity index (χ0v) is 11.6. The molecule has 3 aromatic rings. The minimum absolute atomic E-state index is 0.264. The summed E-state index contributed by atoms with van der Waals surface area (Å²) in [6.07, 6.45) is 4.98. The molecule has 0 bridgehead atoms. The van der Waals surface area contributed by atoms with Gasteiger partial charge in [-0.25, -0.2) is 15.1 Å². The van der Waals surface area contributed by atoms with E-state index in [0.717, 1.165) is 0 Å². The Labute approximate surface area is 127 Å². The fourth-order valence-corrected chi connectivity index (χ4v) is 1.85. The summed E-state index contributed by atoms with van der Waals surface area (Å²) in [5.41, 5.74) is 3.65. The summed E-state index contributed by atoms with van der Waals surface area (Å²) in [7, 11) is 0. The molecule has 2 aromatic heterocycles. The fourth-order valence-electron chi connectivity index (χ4n) is 1.85. The van der Waals surface area contributed by atoms with Crippen LogP contribution in [0.5, 0.6) is 0 Å². The van der Waals surface area contributed by atoms with Crippen molar-refractivity contribution < 1.29 is 4.79 Å². The molecule has 1 aromatic carbocycles. The Bertz CT molecular complexity index is 781. The SMILES string of the molecule is O=C(N/N=C/c1cccc(-n2cccn2)n1)c1ccccc1. The number of hydrazone groups is 1. The molecule has 22 heavy (non-hydrogen) atoms. The average molecular weight is 291 g/mol. The largest absolute Gasteiger partial charge is 0.271 e.